The smallest absolute Gasteiger partial charge is 0.303 e. The third-order valence-electron chi connectivity index (χ3n) is 2.97. The van der Waals surface area contributed by atoms with Crippen LogP contribution in [0.15, 0.2) is 0 Å². The zero-order valence-electron chi connectivity index (χ0n) is 13.7. The lowest BCUT2D eigenvalue weighted by Crippen LogP contribution is -2.62. The highest BCUT2D eigenvalue weighted by atomic mass is 16.7. The predicted molar refractivity (Wildman–Crippen MR) is 74.2 cm³/mol. The molecule has 10 nitrogen and oxygen atoms in total. The largest absolute Gasteiger partial charge is 0.463 e. The zero-order chi connectivity index (χ0) is 18.4. The molecule has 0 aromatic rings. The Morgan fingerprint density at radius 1 is 0.792 bits per heavy atom. The third kappa shape index (κ3) is 5.78. The number of hydrogen-bond donors (Lipinski definition) is 1. The lowest BCUT2D eigenvalue weighted by atomic mass is 9.98. The van der Waals surface area contributed by atoms with E-state index in [0.717, 1.165) is 27.7 Å². The number of carbonyl (C=O) groups excluding carboxylic acids is 4. The van der Waals surface area contributed by atoms with Gasteiger partial charge in [0.1, 0.15) is 12.7 Å². The first kappa shape index (κ1) is 19.8. The molecule has 0 radical (unpaired) electrons. The molecule has 1 saturated heterocycles. The topological polar surface area (TPSA) is 135 Å². The fourth-order valence-electron chi connectivity index (χ4n) is 2.21. The molecule has 5 atom stereocenters. The minimum Gasteiger partial charge on any atom is -0.463 e. The van der Waals surface area contributed by atoms with Crippen molar-refractivity contribution in [3.8, 4) is 0 Å². The Morgan fingerprint density at radius 3 is 1.71 bits per heavy atom. The number of esters is 4. The molecule has 0 spiro atoms. The summed E-state index contributed by atoms with van der Waals surface area (Å²) in [5.41, 5.74) is 0. The van der Waals surface area contributed by atoms with E-state index in [1.807, 2.05) is 0 Å². The molecule has 24 heavy (non-hydrogen) atoms. The second-order valence-electron chi connectivity index (χ2n) is 5.09. The summed E-state index contributed by atoms with van der Waals surface area (Å²) in [6, 6.07) is 0. The van der Waals surface area contributed by atoms with Crippen molar-refractivity contribution in [2.45, 2.75) is 58.4 Å². The van der Waals surface area contributed by atoms with Crippen LogP contribution in [0.4, 0.5) is 0 Å². The number of hydrogen-bond acceptors (Lipinski definition) is 10. The second-order valence-corrected chi connectivity index (χ2v) is 5.09. The lowest BCUT2D eigenvalue weighted by molar-refractivity contribution is -0.296. The Labute approximate surface area is 137 Å². The van der Waals surface area contributed by atoms with Crippen LogP contribution in [0.5, 0.6) is 0 Å². The van der Waals surface area contributed by atoms with Crippen LogP contribution in [-0.4, -0.2) is 66.3 Å². The van der Waals surface area contributed by atoms with Gasteiger partial charge in [-0.15, -0.1) is 0 Å². The summed E-state index contributed by atoms with van der Waals surface area (Å²) >= 11 is 0. The van der Waals surface area contributed by atoms with Crippen LogP contribution in [0.25, 0.3) is 0 Å². The molecule has 0 bridgehead atoms. The van der Waals surface area contributed by atoms with E-state index in [9.17, 15) is 24.3 Å². The average Bonchev–Trinajstić information content (AvgIpc) is 2.42. The molecule has 136 valence electrons. The number of rotatable bonds is 5. The molecule has 1 fully saturated rings. The van der Waals surface area contributed by atoms with E-state index in [1.54, 1.807) is 0 Å². The summed E-state index contributed by atoms with van der Waals surface area (Å²) in [5.74, 6) is -2.87. The van der Waals surface area contributed by atoms with Crippen molar-refractivity contribution in [2.75, 3.05) is 6.61 Å². The number of aliphatic hydroxyl groups excluding tert-OH is 1. The predicted octanol–water partition coefficient (Wildman–Crippen LogP) is -0.938. The molecular formula is C14H20O10. The Kier molecular flexibility index (Phi) is 7.11. The molecule has 1 N–H and O–H groups in total. The minimum atomic E-state index is -1.68. The molecular weight excluding hydrogens is 328 g/mol. The highest BCUT2D eigenvalue weighted by Crippen LogP contribution is 2.28. The number of aliphatic hydroxyl groups is 1. The van der Waals surface area contributed by atoms with Gasteiger partial charge >= 0.3 is 23.9 Å². The van der Waals surface area contributed by atoms with E-state index in [1.165, 1.54) is 0 Å². The number of ether oxygens (including phenoxy) is 5. The van der Waals surface area contributed by atoms with Crippen molar-refractivity contribution in [1.82, 2.24) is 0 Å². The highest BCUT2D eigenvalue weighted by Gasteiger charge is 2.51. The standard InChI is InChI=1S/C14H20O10/c1-6(15)20-5-10-11(21-7(2)16)12(22-8(3)17)13(14(19)24-10)23-9(4)18/h10-14,19H,5H2,1-4H3/t10-,11-,12-,13-,14+/m1/s1. The van der Waals surface area contributed by atoms with Gasteiger partial charge in [-0.25, -0.2) is 0 Å². The fourth-order valence-corrected chi connectivity index (χ4v) is 2.21. The van der Waals surface area contributed by atoms with Crippen LogP contribution in [-0.2, 0) is 42.9 Å². The molecule has 1 aliphatic heterocycles. The molecule has 0 unspecified atom stereocenters. The first-order valence-electron chi connectivity index (χ1n) is 7.10. The van der Waals surface area contributed by atoms with Crippen LogP contribution in [0.3, 0.4) is 0 Å². The van der Waals surface area contributed by atoms with Gasteiger partial charge < -0.3 is 28.8 Å². The van der Waals surface area contributed by atoms with Crippen molar-refractivity contribution < 1.29 is 48.0 Å². The molecule has 1 heterocycles. The van der Waals surface area contributed by atoms with Gasteiger partial charge in [0, 0.05) is 27.7 Å². The molecule has 0 aliphatic carbocycles. The van der Waals surface area contributed by atoms with Crippen LogP contribution in [0.1, 0.15) is 27.7 Å². The monoisotopic (exact) mass is 348 g/mol. The maximum absolute atomic E-state index is 11.3. The van der Waals surface area contributed by atoms with Gasteiger partial charge in [0.2, 0.25) is 0 Å². The van der Waals surface area contributed by atoms with Gasteiger partial charge in [-0.2, -0.15) is 0 Å². The summed E-state index contributed by atoms with van der Waals surface area (Å²) in [4.78, 5) is 44.9. The summed E-state index contributed by atoms with van der Waals surface area (Å²) in [7, 11) is 0. The van der Waals surface area contributed by atoms with Gasteiger partial charge in [-0.1, -0.05) is 0 Å². The van der Waals surface area contributed by atoms with E-state index in [4.69, 9.17) is 23.7 Å². The van der Waals surface area contributed by atoms with Crippen LogP contribution >= 0.6 is 0 Å². The molecule has 1 rings (SSSR count). The zero-order valence-corrected chi connectivity index (χ0v) is 13.7. The highest BCUT2D eigenvalue weighted by molar-refractivity contribution is 5.68. The first-order chi connectivity index (χ1) is 11.1. The van der Waals surface area contributed by atoms with Crippen molar-refractivity contribution >= 4 is 23.9 Å². The van der Waals surface area contributed by atoms with E-state index < -0.39 is 54.6 Å². The summed E-state index contributed by atoms with van der Waals surface area (Å²) < 4.78 is 25.0. The number of carbonyl (C=O) groups is 4. The summed E-state index contributed by atoms with van der Waals surface area (Å²) in [5, 5.41) is 10.0. The maximum atomic E-state index is 11.3. The van der Waals surface area contributed by atoms with Crippen LogP contribution in [0.2, 0.25) is 0 Å². The van der Waals surface area contributed by atoms with Crippen LogP contribution in [0, 0.1) is 0 Å². The Morgan fingerprint density at radius 2 is 1.25 bits per heavy atom. The first-order valence-corrected chi connectivity index (χ1v) is 7.10. The van der Waals surface area contributed by atoms with Gasteiger partial charge in [-0.05, 0) is 0 Å². The van der Waals surface area contributed by atoms with Gasteiger partial charge in [0.15, 0.2) is 24.6 Å². The molecule has 10 heteroatoms. The maximum Gasteiger partial charge on any atom is 0.303 e. The quantitative estimate of drug-likeness (QED) is 0.490. The Bertz CT molecular complexity index is 502. The molecule has 0 amide bonds. The fraction of sp³-hybridized carbons (Fsp3) is 0.714. The normalized spacial score (nSPS) is 29.3. The van der Waals surface area contributed by atoms with E-state index in [2.05, 4.69) is 0 Å². The average molecular weight is 348 g/mol. The lowest BCUT2D eigenvalue weighted by Gasteiger charge is -2.42. The van der Waals surface area contributed by atoms with Gasteiger partial charge in [-0.3, -0.25) is 19.2 Å². The second kappa shape index (κ2) is 8.60. The Balaban J connectivity index is 3.11. The van der Waals surface area contributed by atoms with Crippen molar-refractivity contribution in [3.63, 3.8) is 0 Å². The Hall–Kier alpha value is -2.20. The summed E-state index contributed by atoms with van der Waals surface area (Å²) in [6.45, 7) is 4.09. The van der Waals surface area contributed by atoms with E-state index >= 15 is 0 Å². The van der Waals surface area contributed by atoms with Crippen molar-refractivity contribution in [1.29, 1.82) is 0 Å². The third-order valence-corrected chi connectivity index (χ3v) is 2.97. The van der Waals surface area contributed by atoms with E-state index in [-0.39, 0.29) is 6.61 Å². The SMILES string of the molecule is CC(=O)OC[C@H]1O[C@H](O)[C@H](OC(C)=O)[C@H](OC(C)=O)[C@@H]1OC(C)=O. The van der Waals surface area contributed by atoms with Gasteiger partial charge in [0.25, 0.3) is 0 Å². The van der Waals surface area contributed by atoms with Crippen molar-refractivity contribution in [2.24, 2.45) is 0 Å². The molecule has 0 aromatic heterocycles. The van der Waals surface area contributed by atoms with Crippen molar-refractivity contribution in [3.05, 3.63) is 0 Å². The van der Waals surface area contributed by atoms with Gasteiger partial charge in [0.05, 0.1) is 0 Å². The van der Waals surface area contributed by atoms with Crippen LogP contribution < -0.4 is 0 Å². The minimum absolute atomic E-state index is 0.366. The molecule has 0 saturated carbocycles. The molecule has 1 aliphatic rings. The van der Waals surface area contributed by atoms with E-state index in [0.29, 0.717) is 0 Å². The summed E-state index contributed by atoms with van der Waals surface area (Å²) in [6.07, 6.45) is -6.79. The molecule has 0 aromatic carbocycles.